The molecule has 1 aliphatic carbocycles. The topological polar surface area (TPSA) is 174 Å². The molecule has 71 heavy (non-hydrogen) atoms. The van der Waals surface area contributed by atoms with Crippen LogP contribution < -0.4 is 14.2 Å². The molecule has 2 heterocycles. The number of esters is 1. The lowest BCUT2D eigenvalue weighted by atomic mass is 9.91. The minimum atomic E-state index is -0.826. The Kier molecular flexibility index (Phi) is 20.4. The fourth-order valence-electron chi connectivity index (χ4n) is 9.23. The highest BCUT2D eigenvalue weighted by Crippen LogP contribution is 2.37. The standard InChI is InChI=1S/C56H70N2O13/c1-7-46(42-33-39(4)54(66-6)49(35-42)65-5)55(63)57-30-14-13-20-47(57)56(64)70-48(25-23-40-22-21-37(2)38(3)32-40)41-16-15-19-45(34-41)68-36-43(59)24-28-53(69-44-17-11-9-8-10-12-18-44)67-31-29-52(62)71-58-50(60)26-27-51(58)61/h8-9,15-16,19,21-22,26-27,32-35,44,46-48,53H,7,10-14,17-18,20,23-25,28-31,36H2,1-6H3/b9-8+/t44?,46-,47-,48+,53?/m0/s1. The average molecular weight is 979 g/mol. The van der Waals surface area contributed by atoms with Gasteiger partial charge in [-0.25, -0.2) is 9.59 Å². The smallest absolute Gasteiger partial charge is 0.335 e. The van der Waals surface area contributed by atoms with Gasteiger partial charge in [0.15, 0.2) is 23.6 Å². The zero-order valence-corrected chi connectivity index (χ0v) is 42.1. The van der Waals surface area contributed by atoms with Crippen molar-refractivity contribution in [3.63, 3.8) is 0 Å². The molecule has 2 aliphatic heterocycles. The van der Waals surface area contributed by atoms with E-state index < -0.39 is 48.1 Å². The van der Waals surface area contributed by atoms with Crippen LogP contribution in [0, 0.1) is 20.8 Å². The number of allylic oxidation sites excluding steroid dienone is 2. The van der Waals surface area contributed by atoms with E-state index in [0.717, 1.165) is 79.4 Å². The number of carbonyl (C=O) groups excluding carboxylic acids is 6. The van der Waals surface area contributed by atoms with Gasteiger partial charge in [-0.2, -0.15) is 0 Å². The normalized spacial score (nSPS) is 18.7. The Bertz CT molecular complexity index is 2390. The van der Waals surface area contributed by atoms with Crippen molar-refractivity contribution in [2.75, 3.05) is 34.0 Å². The summed E-state index contributed by atoms with van der Waals surface area (Å²) in [5, 5.41) is 0.395. The van der Waals surface area contributed by atoms with Gasteiger partial charge >= 0.3 is 11.9 Å². The molecule has 6 rings (SSSR count). The van der Waals surface area contributed by atoms with Gasteiger partial charge in [0, 0.05) is 31.5 Å². The van der Waals surface area contributed by atoms with Gasteiger partial charge in [-0.1, -0.05) is 60.5 Å². The van der Waals surface area contributed by atoms with Crippen molar-refractivity contribution >= 4 is 35.4 Å². The van der Waals surface area contributed by atoms with E-state index in [1.165, 1.54) is 5.56 Å². The van der Waals surface area contributed by atoms with E-state index in [-0.39, 0.29) is 50.3 Å². The number of piperidine rings is 1. The minimum absolute atomic E-state index is 0.0567. The summed E-state index contributed by atoms with van der Waals surface area (Å²) < 4.78 is 36.0. The fraction of sp³-hybridized carbons (Fsp3) is 0.500. The van der Waals surface area contributed by atoms with Crippen molar-refractivity contribution in [1.82, 2.24) is 9.96 Å². The van der Waals surface area contributed by atoms with Crippen LogP contribution in [-0.2, 0) is 54.2 Å². The summed E-state index contributed by atoms with van der Waals surface area (Å²) in [5.74, 6) is -2.06. The van der Waals surface area contributed by atoms with Crippen LogP contribution >= 0.6 is 0 Å². The number of ketones is 1. The van der Waals surface area contributed by atoms with E-state index in [4.69, 9.17) is 33.3 Å². The molecular weight excluding hydrogens is 909 g/mol. The molecule has 1 fully saturated rings. The molecule has 15 heteroatoms. The number of methoxy groups -OCH3 is 2. The lowest BCUT2D eigenvalue weighted by molar-refractivity contribution is -0.201. The summed E-state index contributed by atoms with van der Waals surface area (Å²) in [6, 6.07) is 16.5. The summed E-state index contributed by atoms with van der Waals surface area (Å²) >= 11 is 0. The van der Waals surface area contributed by atoms with Gasteiger partial charge in [0.2, 0.25) is 5.91 Å². The van der Waals surface area contributed by atoms with Crippen molar-refractivity contribution in [3.8, 4) is 17.2 Å². The molecule has 3 aromatic rings. The van der Waals surface area contributed by atoms with Crippen molar-refractivity contribution < 1.29 is 62.0 Å². The summed E-state index contributed by atoms with van der Waals surface area (Å²) in [7, 11) is 3.15. The average Bonchev–Trinajstić information content (AvgIpc) is 3.67. The van der Waals surface area contributed by atoms with Crippen molar-refractivity contribution in [3.05, 3.63) is 112 Å². The predicted octanol–water partition coefficient (Wildman–Crippen LogP) is 9.17. The molecule has 0 bridgehead atoms. The van der Waals surface area contributed by atoms with E-state index in [1.54, 1.807) is 37.3 Å². The molecule has 5 atom stereocenters. The number of ether oxygens (including phenoxy) is 6. The number of imide groups is 1. The van der Waals surface area contributed by atoms with Gasteiger partial charge in [-0.3, -0.25) is 19.2 Å². The maximum atomic E-state index is 14.5. The van der Waals surface area contributed by atoms with Gasteiger partial charge in [0.1, 0.15) is 24.5 Å². The Morgan fingerprint density at radius 3 is 2.31 bits per heavy atom. The Morgan fingerprint density at radius 2 is 1.56 bits per heavy atom. The first-order chi connectivity index (χ1) is 34.3. The molecule has 0 aromatic heterocycles. The fourth-order valence-corrected chi connectivity index (χ4v) is 9.23. The van der Waals surface area contributed by atoms with Gasteiger partial charge in [0.25, 0.3) is 11.8 Å². The maximum Gasteiger partial charge on any atom is 0.335 e. The third-order valence-corrected chi connectivity index (χ3v) is 13.3. The van der Waals surface area contributed by atoms with E-state index in [1.807, 2.05) is 32.0 Å². The van der Waals surface area contributed by atoms with Crippen molar-refractivity contribution in [2.24, 2.45) is 0 Å². The van der Waals surface area contributed by atoms with Crippen LogP contribution in [0.1, 0.15) is 136 Å². The minimum Gasteiger partial charge on any atom is -0.493 e. The number of likely N-dealkylation sites (tertiary alicyclic amines) is 1. The zero-order chi connectivity index (χ0) is 50.9. The third-order valence-electron chi connectivity index (χ3n) is 13.3. The summed E-state index contributed by atoms with van der Waals surface area (Å²) in [6.45, 7) is 8.08. The quantitative estimate of drug-likeness (QED) is 0.0360. The largest absolute Gasteiger partial charge is 0.493 e. The van der Waals surface area contributed by atoms with Gasteiger partial charge in [-0.15, -0.1) is 0 Å². The summed E-state index contributed by atoms with van der Waals surface area (Å²) in [4.78, 5) is 85.1. The van der Waals surface area contributed by atoms with Crippen LogP contribution in [0.5, 0.6) is 17.2 Å². The number of carbonyl (C=O) groups is 6. The summed E-state index contributed by atoms with van der Waals surface area (Å²) in [5.41, 5.74) is 5.78. The number of nitrogens with zero attached hydrogens (tertiary/aromatic N) is 2. The second-order valence-electron chi connectivity index (χ2n) is 18.5. The van der Waals surface area contributed by atoms with Crippen molar-refractivity contribution in [2.45, 2.75) is 148 Å². The predicted molar refractivity (Wildman–Crippen MR) is 264 cm³/mol. The first kappa shape index (κ1) is 54.0. The lowest BCUT2D eigenvalue weighted by Crippen LogP contribution is -2.50. The Morgan fingerprint density at radius 1 is 0.775 bits per heavy atom. The first-order valence-electron chi connectivity index (χ1n) is 25.0. The molecule has 1 saturated heterocycles. The molecular formula is C56H70N2O13. The second-order valence-corrected chi connectivity index (χ2v) is 18.5. The Labute approximate surface area is 417 Å². The van der Waals surface area contributed by atoms with E-state index in [9.17, 15) is 28.8 Å². The van der Waals surface area contributed by atoms with E-state index in [0.29, 0.717) is 60.1 Å². The number of aryl methyl sites for hydroxylation is 4. The number of hydrogen-bond acceptors (Lipinski definition) is 13. The van der Waals surface area contributed by atoms with E-state index >= 15 is 0 Å². The van der Waals surface area contributed by atoms with Gasteiger partial charge in [-0.05, 0) is 143 Å². The molecule has 3 aromatic carbocycles. The monoisotopic (exact) mass is 978 g/mol. The maximum absolute atomic E-state index is 14.5. The second kappa shape index (κ2) is 26.8. The molecule has 2 unspecified atom stereocenters. The highest BCUT2D eigenvalue weighted by molar-refractivity contribution is 6.12. The third kappa shape index (κ3) is 15.3. The number of benzene rings is 3. The Hall–Kier alpha value is -6.32. The molecule has 0 N–H and O–H groups in total. The van der Waals surface area contributed by atoms with Gasteiger partial charge < -0.3 is 38.2 Å². The van der Waals surface area contributed by atoms with Crippen molar-refractivity contribution in [1.29, 1.82) is 0 Å². The number of rotatable bonds is 24. The number of Topliss-reactive ketones (excluding diaryl/α,β-unsaturated/α-hetero) is 1. The highest BCUT2D eigenvalue weighted by Gasteiger charge is 2.38. The Balaban J connectivity index is 1.12. The molecule has 382 valence electrons. The molecule has 3 amide bonds. The molecule has 15 nitrogen and oxygen atoms in total. The molecule has 0 saturated carbocycles. The van der Waals surface area contributed by atoms with Crippen LogP contribution in [0.15, 0.2) is 78.9 Å². The molecule has 0 radical (unpaired) electrons. The van der Waals surface area contributed by atoms with Crippen LogP contribution in [0.2, 0.25) is 0 Å². The number of amides is 3. The number of hydroxylamine groups is 2. The van der Waals surface area contributed by atoms with Crippen LogP contribution in [0.25, 0.3) is 0 Å². The molecule has 0 spiro atoms. The van der Waals surface area contributed by atoms with Crippen LogP contribution in [-0.4, -0.2) is 97.8 Å². The lowest BCUT2D eigenvalue weighted by Gasteiger charge is -2.37. The zero-order valence-electron chi connectivity index (χ0n) is 42.1. The van der Waals surface area contributed by atoms with Crippen LogP contribution in [0.4, 0.5) is 0 Å². The van der Waals surface area contributed by atoms with E-state index in [2.05, 4.69) is 44.2 Å². The SMILES string of the molecule is CC[C@H](C(=O)N1CCCC[C@H]1C(=O)O[C@H](CCc1ccc(C)c(C)c1)c1cccc(OCC(=O)CCC(OCCC(=O)ON2C(=O)C=CC2=O)OC2CC/C=C/CCC2)c1)c1cc(C)c(OC)c(OC)c1. The summed E-state index contributed by atoms with van der Waals surface area (Å²) in [6.07, 6.45) is 12.6. The van der Waals surface area contributed by atoms with Crippen LogP contribution in [0.3, 0.4) is 0 Å². The highest BCUT2D eigenvalue weighted by atomic mass is 16.7. The first-order valence-corrected chi connectivity index (χ1v) is 25.0. The van der Waals surface area contributed by atoms with Gasteiger partial charge in [0.05, 0.1) is 39.3 Å². The number of hydrogen-bond donors (Lipinski definition) is 0. The molecule has 3 aliphatic rings.